The van der Waals surface area contributed by atoms with Crippen molar-refractivity contribution in [1.29, 1.82) is 5.26 Å². The zero-order chi connectivity index (χ0) is 15.1. The molecule has 0 spiro atoms. The van der Waals surface area contributed by atoms with Crippen LogP contribution in [0.15, 0.2) is 35.9 Å². The first-order valence-corrected chi connectivity index (χ1v) is 7.35. The average molecular weight is 284 g/mol. The predicted octanol–water partition coefficient (Wildman–Crippen LogP) is 2.53. The highest BCUT2D eigenvalue weighted by molar-refractivity contribution is 6.02. The molecule has 1 aromatic carbocycles. The summed E-state index contributed by atoms with van der Waals surface area (Å²) in [7, 11) is 0. The van der Waals surface area contributed by atoms with E-state index in [-0.39, 0.29) is 18.1 Å². The Kier molecular flexibility index (Phi) is 5.53. The number of rotatable bonds is 4. The summed E-state index contributed by atoms with van der Waals surface area (Å²) in [4.78, 5) is 12.1. The SMILES string of the molecule is CCOC(=O)/C(C#N)=C(/c1ccccc1)C1CCNCC1. The lowest BCUT2D eigenvalue weighted by Crippen LogP contribution is -2.29. The van der Waals surface area contributed by atoms with E-state index in [0.717, 1.165) is 37.1 Å². The maximum atomic E-state index is 12.1. The number of hydrogen-bond acceptors (Lipinski definition) is 4. The third-order valence-electron chi connectivity index (χ3n) is 3.69. The highest BCUT2D eigenvalue weighted by Crippen LogP contribution is 2.33. The van der Waals surface area contributed by atoms with E-state index in [9.17, 15) is 10.1 Å². The van der Waals surface area contributed by atoms with E-state index in [4.69, 9.17) is 4.74 Å². The van der Waals surface area contributed by atoms with Gasteiger partial charge >= 0.3 is 5.97 Å². The van der Waals surface area contributed by atoms with Crippen molar-refractivity contribution in [2.45, 2.75) is 19.8 Å². The van der Waals surface area contributed by atoms with E-state index >= 15 is 0 Å². The van der Waals surface area contributed by atoms with Gasteiger partial charge in [-0.25, -0.2) is 4.79 Å². The van der Waals surface area contributed by atoms with E-state index in [2.05, 4.69) is 11.4 Å². The average Bonchev–Trinajstić information content (AvgIpc) is 2.54. The molecule has 0 unspecified atom stereocenters. The lowest BCUT2D eigenvalue weighted by Gasteiger charge is -2.26. The van der Waals surface area contributed by atoms with Crippen LogP contribution in [0.25, 0.3) is 5.57 Å². The van der Waals surface area contributed by atoms with Crippen LogP contribution in [0, 0.1) is 17.2 Å². The Morgan fingerprint density at radius 2 is 2.00 bits per heavy atom. The summed E-state index contributed by atoms with van der Waals surface area (Å²) in [6, 6.07) is 11.8. The van der Waals surface area contributed by atoms with Crippen LogP contribution in [-0.2, 0) is 9.53 Å². The second kappa shape index (κ2) is 7.61. The molecule has 0 amide bonds. The van der Waals surface area contributed by atoms with Gasteiger partial charge in [0.05, 0.1) is 6.61 Å². The standard InChI is InChI=1S/C17H20N2O2/c1-2-21-17(20)15(12-18)16(13-6-4-3-5-7-13)14-8-10-19-11-9-14/h3-7,14,19H,2,8-11H2,1H3/b16-15-. The number of carbonyl (C=O) groups excluding carboxylic acids is 1. The lowest BCUT2D eigenvalue weighted by molar-refractivity contribution is -0.137. The predicted molar refractivity (Wildman–Crippen MR) is 81.2 cm³/mol. The molecule has 0 bridgehead atoms. The molecule has 0 saturated carbocycles. The highest BCUT2D eigenvalue weighted by atomic mass is 16.5. The molecule has 2 rings (SSSR count). The maximum Gasteiger partial charge on any atom is 0.349 e. The number of benzene rings is 1. The number of ether oxygens (including phenoxy) is 1. The van der Waals surface area contributed by atoms with E-state index in [1.54, 1.807) is 6.92 Å². The first-order valence-electron chi connectivity index (χ1n) is 7.35. The fourth-order valence-electron chi connectivity index (χ4n) is 2.73. The number of nitrogens with zero attached hydrogens (tertiary/aromatic N) is 1. The van der Waals surface area contributed by atoms with Gasteiger partial charge in [-0.1, -0.05) is 30.3 Å². The molecule has 1 aliphatic heterocycles. The Morgan fingerprint density at radius 1 is 1.33 bits per heavy atom. The molecule has 21 heavy (non-hydrogen) atoms. The fourth-order valence-corrected chi connectivity index (χ4v) is 2.73. The van der Waals surface area contributed by atoms with Crippen molar-refractivity contribution < 1.29 is 9.53 Å². The number of carbonyl (C=O) groups is 1. The lowest BCUT2D eigenvalue weighted by atomic mass is 9.83. The molecule has 1 aliphatic rings. The van der Waals surface area contributed by atoms with Gasteiger partial charge < -0.3 is 10.1 Å². The molecule has 1 aromatic rings. The molecular formula is C17H20N2O2. The Morgan fingerprint density at radius 3 is 2.57 bits per heavy atom. The first kappa shape index (κ1) is 15.3. The second-order valence-corrected chi connectivity index (χ2v) is 5.01. The number of piperidine rings is 1. The summed E-state index contributed by atoms with van der Waals surface area (Å²) in [6.07, 6.45) is 1.85. The van der Waals surface area contributed by atoms with Crippen LogP contribution in [0.3, 0.4) is 0 Å². The van der Waals surface area contributed by atoms with Crippen molar-refractivity contribution in [3.63, 3.8) is 0 Å². The Bertz CT molecular complexity index is 552. The van der Waals surface area contributed by atoms with Crippen molar-refractivity contribution in [2.75, 3.05) is 19.7 Å². The van der Waals surface area contributed by atoms with Gasteiger partial charge in [-0.2, -0.15) is 5.26 Å². The minimum absolute atomic E-state index is 0.148. The maximum absolute atomic E-state index is 12.1. The number of allylic oxidation sites excluding steroid dienone is 1. The van der Waals surface area contributed by atoms with Crippen molar-refractivity contribution >= 4 is 11.5 Å². The summed E-state index contributed by atoms with van der Waals surface area (Å²) in [6.45, 7) is 3.84. The first-order chi connectivity index (χ1) is 10.3. The van der Waals surface area contributed by atoms with Gasteiger partial charge in [-0.3, -0.25) is 0 Å². The van der Waals surface area contributed by atoms with E-state index in [1.807, 2.05) is 30.3 Å². The summed E-state index contributed by atoms with van der Waals surface area (Å²) in [5.74, 6) is -0.301. The summed E-state index contributed by atoms with van der Waals surface area (Å²) in [5, 5.41) is 12.8. The normalized spacial score (nSPS) is 16.8. The number of nitrogens with one attached hydrogen (secondary N) is 1. The minimum atomic E-state index is -0.516. The fraction of sp³-hybridized carbons (Fsp3) is 0.412. The third kappa shape index (κ3) is 3.71. The molecule has 0 atom stereocenters. The zero-order valence-electron chi connectivity index (χ0n) is 12.3. The minimum Gasteiger partial charge on any atom is -0.462 e. The topological polar surface area (TPSA) is 62.1 Å². The molecule has 0 radical (unpaired) electrons. The third-order valence-corrected chi connectivity index (χ3v) is 3.69. The molecule has 1 saturated heterocycles. The van der Waals surface area contributed by atoms with E-state index < -0.39 is 5.97 Å². The van der Waals surface area contributed by atoms with E-state index in [0.29, 0.717) is 0 Å². The summed E-state index contributed by atoms with van der Waals surface area (Å²) >= 11 is 0. The van der Waals surface area contributed by atoms with Gasteiger partial charge in [0.2, 0.25) is 0 Å². The smallest absolute Gasteiger partial charge is 0.349 e. The van der Waals surface area contributed by atoms with Gasteiger partial charge in [0.15, 0.2) is 0 Å². The summed E-state index contributed by atoms with van der Waals surface area (Å²) < 4.78 is 5.05. The molecule has 0 aromatic heterocycles. The van der Waals surface area contributed by atoms with Crippen LogP contribution in [-0.4, -0.2) is 25.7 Å². The highest BCUT2D eigenvalue weighted by Gasteiger charge is 2.26. The monoisotopic (exact) mass is 284 g/mol. The van der Waals surface area contributed by atoms with Crippen LogP contribution in [0.5, 0.6) is 0 Å². The van der Waals surface area contributed by atoms with Gasteiger partial charge in [0.1, 0.15) is 11.6 Å². The Balaban J connectivity index is 2.48. The van der Waals surface area contributed by atoms with Gasteiger partial charge in [0.25, 0.3) is 0 Å². The zero-order valence-corrected chi connectivity index (χ0v) is 12.3. The van der Waals surface area contributed by atoms with Gasteiger partial charge in [-0.05, 0) is 49.9 Å². The summed E-state index contributed by atoms with van der Waals surface area (Å²) in [5.41, 5.74) is 1.92. The van der Waals surface area contributed by atoms with Gasteiger partial charge in [0, 0.05) is 0 Å². The molecule has 4 heteroatoms. The number of esters is 1. The second-order valence-electron chi connectivity index (χ2n) is 5.01. The van der Waals surface area contributed by atoms with Crippen LogP contribution < -0.4 is 5.32 Å². The molecule has 1 heterocycles. The van der Waals surface area contributed by atoms with E-state index in [1.165, 1.54) is 0 Å². The molecule has 4 nitrogen and oxygen atoms in total. The van der Waals surface area contributed by atoms with Crippen LogP contribution in [0.1, 0.15) is 25.3 Å². The quantitative estimate of drug-likeness (QED) is 0.524. The molecule has 0 aliphatic carbocycles. The van der Waals surface area contributed by atoms with Gasteiger partial charge in [-0.15, -0.1) is 0 Å². The van der Waals surface area contributed by atoms with Crippen LogP contribution >= 0.6 is 0 Å². The molecular weight excluding hydrogens is 264 g/mol. The van der Waals surface area contributed by atoms with Crippen molar-refractivity contribution in [3.8, 4) is 6.07 Å². The van der Waals surface area contributed by atoms with Crippen LogP contribution in [0.2, 0.25) is 0 Å². The Hall–Kier alpha value is -2.12. The number of hydrogen-bond donors (Lipinski definition) is 1. The van der Waals surface area contributed by atoms with Crippen molar-refractivity contribution in [2.24, 2.45) is 5.92 Å². The largest absolute Gasteiger partial charge is 0.462 e. The molecule has 1 N–H and O–H groups in total. The number of nitriles is 1. The molecule has 110 valence electrons. The van der Waals surface area contributed by atoms with Crippen molar-refractivity contribution in [1.82, 2.24) is 5.32 Å². The Labute approximate surface area is 125 Å². The van der Waals surface area contributed by atoms with Crippen LogP contribution in [0.4, 0.5) is 0 Å². The van der Waals surface area contributed by atoms with Crippen molar-refractivity contribution in [3.05, 3.63) is 41.5 Å². The molecule has 1 fully saturated rings.